The molecule has 5 rings (SSSR count). The lowest BCUT2D eigenvalue weighted by Crippen LogP contribution is -2.41. The van der Waals surface area contributed by atoms with Gasteiger partial charge >= 0.3 is 7.12 Å². The summed E-state index contributed by atoms with van der Waals surface area (Å²) in [4.78, 5) is 4.20. The van der Waals surface area contributed by atoms with Crippen LogP contribution in [0.15, 0.2) is 47.1 Å². The number of fused-ring (bicyclic) bond motifs is 4. The highest BCUT2D eigenvalue weighted by molar-refractivity contribution is 6.66. The van der Waals surface area contributed by atoms with Gasteiger partial charge in [0.1, 0.15) is 11.2 Å². The number of nitrogens with zero attached hydrogens (tertiary/aromatic N) is 1. The van der Waals surface area contributed by atoms with E-state index in [0.717, 1.165) is 38.2 Å². The summed E-state index contributed by atoms with van der Waals surface area (Å²) < 4.78 is 18.7. The second-order valence-corrected chi connectivity index (χ2v) is 8.57. The van der Waals surface area contributed by atoms with Gasteiger partial charge in [-0.25, -0.2) is 0 Å². The van der Waals surface area contributed by atoms with Crippen LogP contribution >= 0.6 is 11.6 Å². The van der Waals surface area contributed by atoms with Crippen LogP contribution in [0.25, 0.3) is 32.7 Å². The van der Waals surface area contributed by atoms with E-state index in [-0.39, 0.29) is 0 Å². The first kappa shape index (κ1) is 17.1. The van der Waals surface area contributed by atoms with E-state index in [9.17, 15) is 0 Å². The van der Waals surface area contributed by atoms with Crippen molar-refractivity contribution in [1.82, 2.24) is 4.98 Å². The normalized spacial score (nSPS) is 18.8. The summed E-state index contributed by atoms with van der Waals surface area (Å²) in [6.45, 7) is 8.18. The Hall–Kier alpha value is -2.08. The second kappa shape index (κ2) is 5.47. The molecule has 6 heteroatoms. The second-order valence-electron chi connectivity index (χ2n) is 8.13. The third kappa shape index (κ3) is 2.49. The van der Waals surface area contributed by atoms with Crippen LogP contribution in [-0.4, -0.2) is 23.3 Å². The van der Waals surface area contributed by atoms with Gasteiger partial charge in [0.2, 0.25) is 0 Å². The van der Waals surface area contributed by atoms with E-state index in [1.807, 2.05) is 58.2 Å². The fraction of sp³-hybridized carbons (Fsp3) is 0.286. The first-order chi connectivity index (χ1) is 12.7. The van der Waals surface area contributed by atoms with Gasteiger partial charge in [0.05, 0.1) is 11.2 Å². The summed E-state index contributed by atoms with van der Waals surface area (Å²) >= 11 is 6.40. The molecule has 4 aromatic rings. The van der Waals surface area contributed by atoms with Crippen LogP contribution in [0.1, 0.15) is 27.7 Å². The van der Waals surface area contributed by atoms with Crippen molar-refractivity contribution in [1.29, 1.82) is 0 Å². The fourth-order valence-corrected chi connectivity index (χ4v) is 3.86. The van der Waals surface area contributed by atoms with Crippen LogP contribution in [-0.2, 0) is 9.31 Å². The van der Waals surface area contributed by atoms with Crippen molar-refractivity contribution in [3.05, 3.63) is 47.7 Å². The van der Waals surface area contributed by atoms with Crippen molar-refractivity contribution in [2.75, 3.05) is 0 Å². The molecular formula is C21H19BClNO3. The number of rotatable bonds is 1. The molecule has 0 amide bonds. The number of hydrogen-bond acceptors (Lipinski definition) is 4. The highest BCUT2D eigenvalue weighted by Crippen LogP contribution is 2.39. The van der Waals surface area contributed by atoms with Gasteiger partial charge in [-0.15, -0.1) is 0 Å². The summed E-state index contributed by atoms with van der Waals surface area (Å²) in [5, 5.41) is 4.73. The topological polar surface area (TPSA) is 44.5 Å². The van der Waals surface area contributed by atoms with Crippen molar-refractivity contribution in [3.8, 4) is 0 Å². The fourth-order valence-electron chi connectivity index (χ4n) is 3.64. The number of benzene rings is 2. The Balaban J connectivity index is 1.80. The lowest BCUT2D eigenvalue weighted by molar-refractivity contribution is 0.00578. The average molecular weight is 380 g/mol. The first-order valence-corrected chi connectivity index (χ1v) is 9.38. The van der Waals surface area contributed by atoms with E-state index in [1.54, 1.807) is 6.20 Å². The lowest BCUT2D eigenvalue weighted by Gasteiger charge is -2.32. The van der Waals surface area contributed by atoms with Gasteiger partial charge < -0.3 is 13.7 Å². The minimum absolute atomic E-state index is 0.426. The molecule has 2 aromatic carbocycles. The number of hydrogen-bond donors (Lipinski definition) is 0. The summed E-state index contributed by atoms with van der Waals surface area (Å²) in [6.07, 6.45) is 3.63. The minimum atomic E-state index is -0.509. The molecule has 0 unspecified atom stereocenters. The van der Waals surface area contributed by atoms with Gasteiger partial charge in [-0.2, -0.15) is 0 Å². The predicted molar refractivity (Wildman–Crippen MR) is 110 cm³/mol. The molecule has 27 heavy (non-hydrogen) atoms. The van der Waals surface area contributed by atoms with Crippen molar-refractivity contribution in [3.63, 3.8) is 0 Å². The van der Waals surface area contributed by atoms with E-state index < -0.39 is 18.3 Å². The first-order valence-electron chi connectivity index (χ1n) is 9.00. The van der Waals surface area contributed by atoms with E-state index in [4.69, 9.17) is 25.3 Å². The predicted octanol–water partition coefficient (Wildman–Crippen LogP) is 5.09. The molecule has 0 N–H and O–H groups in total. The van der Waals surface area contributed by atoms with Crippen LogP contribution in [0, 0.1) is 0 Å². The van der Waals surface area contributed by atoms with Gasteiger partial charge in [-0.05, 0) is 62.8 Å². The number of aromatic nitrogens is 1. The summed E-state index contributed by atoms with van der Waals surface area (Å²) in [6, 6.07) is 9.89. The quantitative estimate of drug-likeness (QED) is 0.432. The Bertz CT molecular complexity index is 1200. The smallest absolute Gasteiger partial charge is 0.456 e. The highest BCUT2D eigenvalue weighted by Gasteiger charge is 2.52. The molecular weight excluding hydrogens is 361 g/mol. The third-order valence-corrected chi connectivity index (χ3v) is 6.05. The molecule has 0 saturated carbocycles. The Kier molecular flexibility index (Phi) is 3.46. The third-order valence-electron chi connectivity index (χ3n) is 5.83. The van der Waals surface area contributed by atoms with Crippen LogP contribution in [0.2, 0.25) is 5.02 Å². The summed E-state index contributed by atoms with van der Waals surface area (Å²) in [7, 11) is -0.509. The zero-order valence-corrected chi connectivity index (χ0v) is 16.4. The maximum Gasteiger partial charge on any atom is 0.495 e. The maximum atomic E-state index is 6.40. The van der Waals surface area contributed by atoms with Gasteiger partial charge in [0, 0.05) is 39.6 Å². The van der Waals surface area contributed by atoms with Crippen LogP contribution < -0.4 is 5.46 Å². The standard InChI is InChI=1S/C21H19BClNO3/c1-20(2)21(3,4)27-22(26-20)16-9-14(23)10-18-19(16)15-7-12-5-6-24-11-13(12)8-17(15)25-18/h5-11H,1-4H3. The summed E-state index contributed by atoms with van der Waals surface area (Å²) in [5.74, 6) is 0. The van der Waals surface area contributed by atoms with Crippen molar-refractivity contribution < 1.29 is 13.7 Å². The van der Waals surface area contributed by atoms with Crippen molar-refractivity contribution in [2.45, 2.75) is 38.9 Å². The number of furan rings is 1. The van der Waals surface area contributed by atoms with Crippen molar-refractivity contribution >= 4 is 56.9 Å². The number of halogens is 1. The molecule has 3 heterocycles. The monoisotopic (exact) mass is 379 g/mol. The molecule has 0 spiro atoms. The molecule has 0 bridgehead atoms. The molecule has 0 aliphatic carbocycles. The number of pyridine rings is 1. The Morgan fingerprint density at radius 2 is 1.67 bits per heavy atom. The molecule has 4 nitrogen and oxygen atoms in total. The largest absolute Gasteiger partial charge is 0.495 e. The molecule has 136 valence electrons. The zero-order valence-electron chi connectivity index (χ0n) is 15.7. The van der Waals surface area contributed by atoms with E-state index in [0.29, 0.717) is 5.02 Å². The molecule has 2 aromatic heterocycles. The Morgan fingerprint density at radius 3 is 2.41 bits per heavy atom. The molecule has 1 saturated heterocycles. The van der Waals surface area contributed by atoms with Gasteiger partial charge in [0.25, 0.3) is 0 Å². The van der Waals surface area contributed by atoms with Crippen LogP contribution in [0.3, 0.4) is 0 Å². The van der Waals surface area contributed by atoms with E-state index in [2.05, 4.69) is 11.1 Å². The van der Waals surface area contributed by atoms with Crippen LogP contribution in [0.5, 0.6) is 0 Å². The van der Waals surface area contributed by atoms with E-state index >= 15 is 0 Å². The average Bonchev–Trinajstić information content (AvgIpc) is 3.04. The van der Waals surface area contributed by atoms with Gasteiger partial charge in [-0.1, -0.05) is 11.6 Å². The molecule has 0 radical (unpaired) electrons. The highest BCUT2D eigenvalue weighted by atomic mass is 35.5. The SMILES string of the molecule is CC1(C)OB(c2cc(Cl)cc3oc4cc5cnccc5cc4c23)OC1(C)C. The van der Waals surface area contributed by atoms with Crippen molar-refractivity contribution in [2.24, 2.45) is 0 Å². The van der Waals surface area contributed by atoms with Gasteiger partial charge in [-0.3, -0.25) is 4.98 Å². The Labute approximate surface area is 162 Å². The minimum Gasteiger partial charge on any atom is -0.456 e. The molecule has 0 atom stereocenters. The Morgan fingerprint density at radius 1 is 0.926 bits per heavy atom. The van der Waals surface area contributed by atoms with E-state index in [1.165, 1.54) is 0 Å². The lowest BCUT2D eigenvalue weighted by atomic mass is 9.76. The van der Waals surface area contributed by atoms with Crippen LogP contribution in [0.4, 0.5) is 0 Å². The maximum absolute atomic E-state index is 6.40. The molecule has 1 aliphatic heterocycles. The molecule has 1 fully saturated rings. The summed E-state index contributed by atoms with van der Waals surface area (Å²) in [5.41, 5.74) is 1.56. The molecule has 1 aliphatic rings. The van der Waals surface area contributed by atoms with Gasteiger partial charge in [0.15, 0.2) is 0 Å². The zero-order chi connectivity index (χ0) is 19.0.